The first-order valence-corrected chi connectivity index (χ1v) is 8.04. The highest BCUT2D eigenvalue weighted by molar-refractivity contribution is 9.10. The van der Waals surface area contributed by atoms with Crippen molar-refractivity contribution in [1.29, 1.82) is 0 Å². The number of rotatable bonds is 4. The molecule has 0 radical (unpaired) electrons. The van der Waals surface area contributed by atoms with Crippen LogP contribution in [-0.4, -0.2) is 18.5 Å². The predicted molar refractivity (Wildman–Crippen MR) is 79.8 cm³/mol. The normalized spacial score (nSPS) is 11.3. The zero-order chi connectivity index (χ0) is 14.8. The summed E-state index contributed by atoms with van der Waals surface area (Å²) in [6.07, 6.45) is 3.06. The quantitative estimate of drug-likeness (QED) is 0.881. The number of aliphatic hydroxyl groups excluding tert-OH is 1. The summed E-state index contributed by atoms with van der Waals surface area (Å²) in [7, 11) is -3.71. The maximum atomic E-state index is 12.3. The molecule has 1 heterocycles. The summed E-state index contributed by atoms with van der Waals surface area (Å²) >= 11 is 3.21. The van der Waals surface area contributed by atoms with Crippen molar-refractivity contribution < 1.29 is 13.5 Å². The van der Waals surface area contributed by atoms with Crippen molar-refractivity contribution in [2.24, 2.45) is 0 Å². The van der Waals surface area contributed by atoms with Crippen LogP contribution in [0.15, 0.2) is 46.0 Å². The largest absolute Gasteiger partial charge is 0.392 e. The van der Waals surface area contributed by atoms with Crippen LogP contribution in [0.25, 0.3) is 0 Å². The van der Waals surface area contributed by atoms with E-state index in [1.165, 1.54) is 12.3 Å². The fraction of sp³-hybridized carbons (Fsp3) is 0.154. The van der Waals surface area contributed by atoms with Gasteiger partial charge >= 0.3 is 0 Å². The average Bonchev–Trinajstić information content (AvgIpc) is 2.40. The van der Waals surface area contributed by atoms with E-state index in [1.807, 2.05) is 0 Å². The van der Waals surface area contributed by atoms with E-state index >= 15 is 0 Å². The van der Waals surface area contributed by atoms with Crippen molar-refractivity contribution in [2.45, 2.75) is 18.4 Å². The third kappa shape index (κ3) is 3.17. The third-order valence-electron chi connectivity index (χ3n) is 2.75. The number of hydrogen-bond donors (Lipinski definition) is 2. The van der Waals surface area contributed by atoms with E-state index in [9.17, 15) is 8.42 Å². The number of aromatic nitrogens is 1. The number of halogens is 1. The highest BCUT2D eigenvalue weighted by Gasteiger charge is 2.18. The van der Waals surface area contributed by atoms with Crippen LogP contribution >= 0.6 is 15.9 Å². The Morgan fingerprint density at radius 3 is 2.70 bits per heavy atom. The van der Waals surface area contributed by atoms with Crippen molar-refractivity contribution in [3.63, 3.8) is 0 Å². The van der Waals surface area contributed by atoms with Crippen LogP contribution in [0.5, 0.6) is 0 Å². The molecule has 0 amide bonds. The van der Waals surface area contributed by atoms with Gasteiger partial charge in [-0.3, -0.25) is 9.71 Å². The lowest BCUT2D eigenvalue weighted by Crippen LogP contribution is -2.14. The van der Waals surface area contributed by atoms with E-state index < -0.39 is 10.0 Å². The van der Waals surface area contributed by atoms with Crippen LogP contribution in [0.1, 0.15) is 11.1 Å². The molecule has 5 nitrogen and oxygen atoms in total. The standard InChI is InChI=1S/C13H13BrN2O3S/c1-9-4-5-15-7-12(9)16-20(18,19)13-3-2-10(8-17)6-11(13)14/h2-7,16-17H,8H2,1H3. The van der Waals surface area contributed by atoms with E-state index in [-0.39, 0.29) is 11.5 Å². The summed E-state index contributed by atoms with van der Waals surface area (Å²) in [5, 5.41) is 9.03. The predicted octanol–water partition coefficient (Wildman–Crippen LogP) is 2.45. The number of nitrogens with one attached hydrogen (secondary N) is 1. The van der Waals surface area contributed by atoms with Gasteiger partial charge in [0.15, 0.2) is 0 Å². The zero-order valence-corrected chi connectivity index (χ0v) is 13.1. The maximum absolute atomic E-state index is 12.3. The summed E-state index contributed by atoms with van der Waals surface area (Å²) in [5.41, 5.74) is 1.85. The molecule has 2 aromatic rings. The average molecular weight is 357 g/mol. The molecule has 2 rings (SSSR count). The molecule has 20 heavy (non-hydrogen) atoms. The number of hydrogen-bond acceptors (Lipinski definition) is 4. The zero-order valence-electron chi connectivity index (χ0n) is 10.7. The fourth-order valence-corrected chi connectivity index (χ4v) is 3.87. The lowest BCUT2D eigenvalue weighted by atomic mass is 10.2. The Bertz CT molecular complexity index is 732. The minimum Gasteiger partial charge on any atom is -0.392 e. The molecular weight excluding hydrogens is 344 g/mol. The van der Waals surface area contributed by atoms with Gasteiger partial charge in [0, 0.05) is 10.7 Å². The van der Waals surface area contributed by atoms with E-state index in [2.05, 4.69) is 25.6 Å². The molecule has 1 aromatic carbocycles. The first-order valence-electron chi connectivity index (χ1n) is 5.77. The second-order valence-electron chi connectivity index (χ2n) is 4.22. The Morgan fingerprint density at radius 2 is 2.10 bits per heavy atom. The van der Waals surface area contributed by atoms with Gasteiger partial charge < -0.3 is 5.11 Å². The van der Waals surface area contributed by atoms with Crippen molar-refractivity contribution in [3.05, 3.63) is 52.3 Å². The summed E-state index contributed by atoms with van der Waals surface area (Å²) < 4.78 is 27.6. The van der Waals surface area contributed by atoms with Crippen LogP contribution < -0.4 is 4.72 Å². The van der Waals surface area contributed by atoms with Crippen molar-refractivity contribution in [2.75, 3.05) is 4.72 Å². The van der Waals surface area contributed by atoms with Gasteiger partial charge in [0.05, 0.1) is 18.5 Å². The van der Waals surface area contributed by atoms with Crippen molar-refractivity contribution in [1.82, 2.24) is 4.98 Å². The number of aryl methyl sites for hydroxylation is 1. The minimum absolute atomic E-state index is 0.109. The number of pyridine rings is 1. The van der Waals surface area contributed by atoms with E-state index in [0.717, 1.165) is 5.56 Å². The Balaban J connectivity index is 2.39. The topological polar surface area (TPSA) is 79.3 Å². The first kappa shape index (κ1) is 15.0. The second kappa shape index (κ2) is 5.90. The molecule has 0 unspecified atom stereocenters. The fourth-order valence-electron chi connectivity index (χ4n) is 1.63. The molecule has 0 fully saturated rings. The molecule has 0 saturated carbocycles. The third-order valence-corrected chi connectivity index (χ3v) is 5.09. The van der Waals surface area contributed by atoms with Crippen LogP contribution in [0.2, 0.25) is 0 Å². The molecular formula is C13H13BrN2O3S. The molecule has 0 aliphatic carbocycles. The van der Waals surface area contributed by atoms with Crippen LogP contribution in [0.4, 0.5) is 5.69 Å². The van der Waals surface area contributed by atoms with Gasteiger partial charge in [0.25, 0.3) is 10.0 Å². The molecule has 0 bridgehead atoms. The molecule has 0 saturated heterocycles. The molecule has 0 aliphatic heterocycles. The number of benzene rings is 1. The van der Waals surface area contributed by atoms with E-state index in [4.69, 9.17) is 5.11 Å². The van der Waals surface area contributed by atoms with E-state index in [1.54, 1.807) is 31.3 Å². The number of sulfonamides is 1. The maximum Gasteiger partial charge on any atom is 0.263 e. The first-order chi connectivity index (χ1) is 9.44. The molecule has 0 aliphatic rings. The number of anilines is 1. The molecule has 2 N–H and O–H groups in total. The lowest BCUT2D eigenvalue weighted by molar-refractivity contribution is 0.281. The SMILES string of the molecule is Cc1ccncc1NS(=O)(=O)c1ccc(CO)cc1Br. The van der Waals surface area contributed by atoms with Gasteiger partial charge in [-0.15, -0.1) is 0 Å². The monoisotopic (exact) mass is 356 g/mol. The van der Waals surface area contributed by atoms with Crippen LogP contribution in [0.3, 0.4) is 0 Å². The minimum atomic E-state index is -3.71. The summed E-state index contributed by atoms with van der Waals surface area (Å²) in [6.45, 7) is 1.65. The van der Waals surface area contributed by atoms with Crippen LogP contribution in [0, 0.1) is 6.92 Å². The van der Waals surface area contributed by atoms with Gasteiger partial charge in [-0.2, -0.15) is 0 Å². The smallest absolute Gasteiger partial charge is 0.263 e. The molecule has 1 aromatic heterocycles. The Kier molecular flexibility index (Phi) is 4.42. The highest BCUT2D eigenvalue weighted by atomic mass is 79.9. The van der Waals surface area contributed by atoms with E-state index in [0.29, 0.717) is 15.7 Å². The summed E-state index contributed by atoms with van der Waals surface area (Å²) in [4.78, 5) is 4.01. The van der Waals surface area contributed by atoms with Crippen LogP contribution in [-0.2, 0) is 16.6 Å². The van der Waals surface area contributed by atoms with Crippen molar-refractivity contribution >= 4 is 31.6 Å². The van der Waals surface area contributed by atoms with Gasteiger partial charge in [-0.1, -0.05) is 6.07 Å². The Morgan fingerprint density at radius 1 is 1.35 bits per heavy atom. The molecule has 0 spiro atoms. The van der Waals surface area contributed by atoms with Gasteiger partial charge in [0.2, 0.25) is 0 Å². The Labute approximate surface area is 125 Å². The summed E-state index contributed by atoms with van der Waals surface area (Å²) in [5.74, 6) is 0. The highest BCUT2D eigenvalue weighted by Crippen LogP contribution is 2.26. The lowest BCUT2D eigenvalue weighted by Gasteiger charge is -2.11. The molecule has 106 valence electrons. The van der Waals surface area contributed by atoms with Gasteiger partial charge in [-0.05, 0) is 52.2 Å². The Hall–Kier alpha value is -1.44. The summed E-state index contributed by atoms with van der Waals surface area (Å²) in [6, 6.07) is 6.31. The molecule has 7 heteroatoms. The number of aliphatic hydroxyl groups is 1. The molecule has 0 atom stereocenters. The number of nitrogens with zero attached hydrogens (tertiary/aromatic N) is 1. The van der Waals surface area contributed by atoms with Gasteiger partial charge in [-0.25, -0.2) is 8.42 Å². The van der Waals surface area contributed by atoms with Gasteiger partial charge in [0.1, 0.15) is 4.90 Å². The second-order valence-corrected chi connectivity index (χ2v) is 6.72. The van der Waals surface area contributed by atoms with Crippen molar-refractivity contribution in [3.8, 4) is 0 Å².